The first-order valence-corrected chi connectivity index (χ1v) is 10.5. The van der Waals surface area contributed by atoms with Crippen LogP contribution in [0.5, 0.6) is 5.75 Å². The van der Waals surface area contributed by atoms with Crippen molar-refractivity contribution in [2.75, 3.05) is 37.4 Å². The van der Waals surface area contributed by atoms with Gasteiger partial charge in [0.25, 0.3) is 0 Å². The van der Waals surface area contributed by atoms with Crippen molar-refractivity contribution in [3.8, 4) is 5.75 Å². The zero-order chi connectivity index (χ0) is 21.7. The third kappa shape index (κ3) is 3.18. The fourth-order valence-corrected chi connectivity index (χ4v) is 4.88. The van der Waals surface area contributed by atoms with Gasteiger partial charge in [-0.05, 0) is 36.6 Å². The minimum absolute atomic E-state index is 0.173. The lowest BCUT2D eigenvalue weighted by Crippen LogP contribution is -2.49. The van der Waals surface area contributed by atoms with Gasteiger partial charge in [0, 0.05) is 30.5 Å². The van der Waals surface area contributed by atoms with E-state index in [1.165, 1.54) is 13.2 Å². The molecular weight excluding hydrogens is 381 g/mol. The number of nitrogens with two attached hydrogens (primary N) is 1. The number of hydrogen-bond donors (Lipinski definition) is 1. The highest BCUT2D eigenvalue weighted by Gasteiger charge is 2.48. The Balaban J connectivity index is 1.75. The summed E-state index contributed by atoms with van der Waals surface area (Å²) in [5.41, 5.74) is 9.05. The number of hydrogen-bond acceptors (Lipinski definition) is 4. The first-order valence-electron chi connectivity index (χ1n) is 10.5. The van der Waals surface area contributed by atoms with E-state index in [9.17, 15) is 9.18 Å². The summed E-state index contributed by atoms with van der Waals surface area (Å²) in [6.07, 6.45) is 1.64. The van der Waals surface area contributed by atoms with Gasteiger partial charge in [-0.2, -0.15) is 0 Å². The van der Waals surface area contributed by atoms with Gasteiger partial charge in [-0.25, -0.2) is 4.39 Å². The number of carbonyl (C=O) groups excluding carboxylic acids is 1. The smallest absolute Gasteiger partial charge is 0.227 e. The average molecular weight is 412 g/mol. The van der Waals surface area contributed by atoms with Crippen molar-refractivity contribution in [2.45, 2.75) is 39.0 Å². The van der Waals surface area contributed by atoms with E-state index in [1.54, 1.807) is 0 Å². The van der Waals surface area contributed by atoms with Crippen LogP contribution in [0.1, 0.15) is 39.2 Å². The van der Waals surface area contributed by atoms with Crippen LogP contribution in [0.4, 0.5) is 21.5 Å². The van der Waals surface area contributed by atoms with Gasteiger partial charge in [-0.1, -0.05) is 39.0 Å². The number of rotatable bonds is 2. The number of fused-ring (bicyclic) bond motifs is 2. The van der Waals surface area contributed by atoms with E-state index in [0.29, 0.717) is 25.3 Å². The van der Waals surface area contributed by atoms with Crippen molar-refractivity contribution < 1.29 is 13.9 Å². The number of carbonyl (C=O) groups is 1. The van der Waals surface area contributed by atoms with Crippen LogP contribution in [0.3, 0.4) is 0 Å². The molecule has 1 spiro atoms. The Morgan fingerprint density at radius 2 is 1.80 bits per heavy atom. The van der Waals surface area contributed by atoms with E-state index in [2.05, 4.69) is 4.90 Å². The molecule has 0 radical (unpaired) electrons. The van der Waals surface area contributed by atoms with Crippen LogP contribution in [0.2, 0.25) is 0 Å². The Hall–Kier alpha value is -2.76. The molecule has 6 heteroatoms. The molecule has 2 N–H and O–H groups in total. The summed E-state index contributed by atoms with van der Waals surface area (Å²) in [7, 11) is 1.50. The van der Waals surface area contributed by atoms with Gasteiger partial charge in [-0.3, -0.25) is 4.79 Å². The SMILES string of the molecule is COc1c(F)ccc2c1N(c1ccccc1N)CC21CCN(C(=O)C(C)(C)C)CC1. The molecule has 1 fully saturated rings. The topological polar surface area (TPSA) is 58.8 Å². The number of piperidine rings is 1. The summed E-state index contributed by atoms with van der Waals surface area (Å²) in [6.45, 7) is 7.93. The number of nitrogen functional groups attached to an aromatic ring is 1. The molecule has 2 aromatic carbocycles. The zero-order valence-electron chi connectivity index (χ0n) is 18.2. The maximum atomic E-state index is 14.7. The van der Waals surface area contributed by atoms with Crippen LogP contribution in [0.15, 0.2) is 36.4 Å². The molecule has 0 unspecified atom stereocenters. The van der Waals surface area contributed by atoms with E-state index in [0.717, 1.165) is 29.8 Å². The number of methoxy groups -OCH3 is 1. The summed E-state index contributed by atoms with van der Waals surface area (Å²) < 4.78 is 20.1. The highest BCUT2D eigenvalue weighted by Crippen LogP contribution is 2.54. The van der Waals surface area contributed by atoms with Gasteiger partial charge in [0.1, 0.15) is 0 Å². The largest absolute Gasteiger partial charge is 0.492 e. The van der Waals surface area contributed by atoms with E-state index >= 15 is 0 Å². The summed E-state index contributed by atoms with van der Waals surface area (Å²) in [6, 6.07) is 11.0. The lowest BCUT2D eigenvalue weighted by molar-refractivity contribution is -0.141. The Bertz CT molecular complexity index is 975. The van der Waals surface area contributed by atoms with E-state index in [4.69, 9.17) is 10.5 Å². The van der Waals surface area contributed by atoms with E-state index < -0.39 is 5.41 Å². The molecule has 0 saturated carbocycles. The van der Waals surface area contributed by atoms with Crippen LogP contribution in [-0.4, -0.2) is 37.6 Å². The average Bonchev–Trinajstić information content (AvgIpc) is 3.01. The highest BCUT2D eigenvalue weighted by molar-refractivity contribution is 5.84. The van der Waals surface area contributed by atoms with E-state index in [-0.39, 0.29) is 22.9 Å². The van der Waals surface area contributed by atoms with Crippen LogP contribution >= 0.6 is 0 Å². The van der Waals surface area contributed by atoms with Crippen molar-refractivity contribution in [2.24, 2.45) is 5.41 Å². The molecule has 0 aliphatic carbocycles. The van der Waals surface area contributed by atoms with Crippen LogP contribution in [0, 0.1) is 11.2 Å². The highest BCUT2D eigenvalue weighted by atomic mass is 19.1. The van der Waals surface area contributed by atoms with Crippen LogP contribution in [0.25, 0.3) is 0 Å². The molecule has 1 saturated heterocycles. The molecule has 0 aromatic heterocycles. The fourth-order valence-electron chi connectivity index (χ4n) is 4.88. The van der Waals surface area contributed by atoms with Crippen molar-refractivity contribution in [1.82, 2.24) is 4.90 Å². The van der Waals surface area contributed by atoms with Crippen molar-refractivity contribution in [3.05, 3.63) is 47.8 Å². The third-order valence-corrected chi connectivity index (χ3v) is 6.47. The molecule has 0 bridgehead atoms. The fraction of sp³-hybridized carbons (Fsp3) is 0.458. The summed E-state index contributed by atoms with van der Waals surface area (Å²) in [4.78, 5) is 16.8. The normalized spacial score (nSPS) is 17.9. The minimum atomic E-state index is -0.394. The lowest BCUT2D eigenvalue weighted by atomic mass is 9.74. The Morgan fingerprint density at radius 1 is 1.13 bits per heavy atom. The van der Waals surface area contributed by atoms with Crippen molar-refractivity contribution >= 4 is 23.0 Å². The summed E-state index contributed by atoms with van der Waals surface area (Å²) in [5, 5.41) is 0. The first kappa shape index (κ1) is 20.5. The molecule has 30 heavy (non-hydrogen) atoms. The predicted molar refractivity (Wildman–Crippen MR) is 118 cm³/mol. The zero-order valence-corrected chi connectivity index (χ0v) is 18.2. The lowest BCUT2D eigenvalue weighted by Gasteiger charge is -2.42. The first-order chi connectivity index (χ1) is 14.2. The monoisotopic (exact) mass is 411 g/mol. The van der Waals surface area contributed by atoms with Crippen molar-refractivity contribution in [1.29, 1.82) is 0 Å². The number of likely N-dealkylation sites (tertiary alicyclic amines) is 1. The van der Waals surface area contributed by atoms with Crippen LogP contribution < -0.4 is 15.4 Å². The Labute approximate surface area is 177 Å². The second-order valence-electron chi connectivity index (χ2n) is 9.44. The van der Waals surface area contributed by atoms with Gasteiger partial charge in [0.2, 0.25) is 5.91 Å². The second kappa shape index (κ2) is 7.18. The molecule has 160 valence electrons. The molecule has 5 nitrogen and oxygen atoms in total. The van der Waals surface area contributed by atoms with Crippen molar-refractivity contribution in [3.63, 3.8) is 0 Å². The van der Waals surface area contributed by atoms with Gasteiger partial charge < -0.3 is 20.3 Å². The number of amides is 1. The number of nitrogens with zero attached hydrogens (tertiary/aromatic N) is 2. The summed E-state index contributed by atoms with van der Waals surface area (Å²) >= 11 is 0. The molecular formula is C24H30FN3O2. The summed E-state index contributed by atoms with van der Waals surface area (Å²) in [5.74, 6) is 0.0467. The number of para-hydroxylation sites is 2. The molecule has 2 aliphatic rings. The number of ether oxygens (including phenoxy) is 1. The van der Waals surface area contributed by atoms with Crippen LogP contribution in [-0.2, 0) is 10.2 Å². The molecule has 1 amide bonds. The predicted octanol–water partition coefficient (Wildman–Crippen LogP) is 4.47. The molecule has 2 aliphatic heterocycles. The maximum Gasteiger partial charge on any atom is 0.227 e. The van der Waals surface area contributed by atoms with Gasteiger partial charge in [0.15, 0.2) is 11.6 Å². The second-order valence-corrected chi connectivity index (χ2v) is 9.44. The standard InChI is InChI=1S/C24H30FN3O2/c1-23(2,3)22(29)27-13-11-24(12-14-27)15-28(19-8-6-5-7-18(19)26)20-16(24)9-10-17(25)21(20)30-4/h5-10H,11-15,26H2,1-4H3. The number of benzene rings is 2. The minimum Gasteiger partial charge on any atom is -0.492 e. The molecule has 0 atom stereocenters. The molecule has 2 aromatic rings. The molecule has 2 heterocycles. The molecule has 4 rings (SSSR count). The third-order valence-electron chi connectivity index (χ3n) is 6.47. The number of anilines is 3. The Morgan fingerprint density at radius 3 is 2.40 bits per heavy atom. The van der Waals surface area contributed by atoms with E-state index in [1.807, 2.05) is 56.0 Å². The quantitative estimate of drug-likeness (QED) is 0.741. The van der Waals surface area contributed by atoms with Gasteiger partial charge in [-0.15, -0.1) is 0 Å². The maximum absolute atomic E-state index is 14.7. The van der Waals surface area contributed by atoms with Gasteiger partial charge >= 0.3 is 0 Å². The Kier molecular flexibility index (Phi) is 4.91. The number of halogens is 1. The van der Waals surface area contributed by atoms with Gasteiger partial charge in [0.05, 0.1) is 24.2 Å².